The Morgan fingerprint density at radius 3 is 2.71 bits per heavy atom. The summed E-state index contributed by atoms with van der Waals surface area (Å²) in [5.74, 6) is 2.08. The van der Waals surface area contributed by atoms with Crippen molar-refractivity contribution in [3.05, 3.63) is 30.5 Å². The predicted molar refractivity (Wildman–Crippen MR) is 90.7 cm³/mol. The summed E-state index contributed by atoms with van der Waals surface area (Å²) in [5.41, 5.74) is 1.61. The van der Waals surface area contributed by atoms with Crippen LogP contribution in [0.2, 0.25) is 0 Å². The minimum Gasteiger partial charge on any atom is -0.443 e. The van der Waals surface area contributed by atoms with Crippen LogP contribution in [0.25, 0.3) is 22.1 Å². The minimum absolute atomic E-state index is 0.0298. The number of aromatic nitrogens is 3. The fourth-order valence-corrected chi connectivity index (χ4v) is 2.72. The summed E-state index contributed by atoms with van der Waals surface area (Å²) in [6.07, 6.45) is 6.78. The number of hydrogen-bond acceptors (Lipinski definition) is 6. The average molecular weight is 323 g/mol. The molecule has 0 atom stereocenters. The first-order chi connectivity index (χ1) is 11.7. The number of rotatable bonds is 4. The normalized spacial score (nSPS) is 13.9. The maximum atomic E-state index is 12.0. The molecule has 0 bridgehead atoms. The van der Waals surface area contributed by atoms with Crippen molar-refractivity contribution in [3.63, 3.8) is 0 Å². The van der Waals surface area contributed by atoms with Gasteiger partial charge in [0, 0.05) is 41.7 Å². The zero-order valence-corrected chi connectivity index (χ0v) is 13.5. The lowest BCUT2D eigenvalue weighted by atomic mass is 10.1. The molecular formula is C17H17N5O2. The molecule has 3 heterocycles. The number of oxazole rings is 1. The molecule has 0 unspecified atom stereocenters. The van der Waals surface area contributed by atoms with Crippen molar-refractivity contribution in [3.8, 4) is 11.3 Å². The first-order valence-electron chi connectivity index (χ1n) is 7.85. The van der Waals surface area contributed by atoms with Gasteiger partial charge in [-0.25, -0.2) is 15.0 Å². The third-order valence-corrected chi connectivity index (χ3v) is 4.20. The summed E-state index contributed by atoms with van der Waals surface area (Å²) >= 11 is 0. The number of aryl methyl sites for hydroxylation is 1. The van der Waals surface area contributed by atoms with Crippen LogP contribution in [0, 0.1) is 12.8 Å². The highest BCUT2D eigenvalue weighted by molar-refractivity contribution is 6.03. The Hall–Kier alpha value is -2.96. The van der Waals surface area contributed by atoms with E-state index in [2.05, 4.69) is 25.6 Å². The predicted octanol–water partition coefficient (Wildman–Crippen LogP) is 2.98. The number of nitrogens with one attached hydrogen (secondary N) is 2. The van der Waals surface area contributed by atoms with Gasteiger partial charge in [0.15, 0.2) is 12.2 Å². The molecule has 1 fully saturated rings. The molecule has 1 aliphatic carbocycles. The zero-order valence-electron chi connectivity index (χ0n) is 13.5. The van der Waals surface area contributed by atoms with Gasteiger partial charge < -0.3 is 15.1 Å². The zero-order chi connectivity index (χ0) is 16.7. The lowest BCUT2D eigenvalue weighted by Crippen LogP contribution is -2.14. The Kier molecular flexibility index (Phi) is 3.41. The van der Waals surface area contributed by atoms with E-state index in [-0.39, 0.29) is 11.8 Å². The van der Waals surface area contributed by atoms with Crippen molar-refractivity contribution in [1.29, 1.82) is 0 Å². The Bertz CT molecular complexity index is 930. The largest absolute Gasteiger partial charge is 0.443 e. The Balaban J connectivity index is 1.85. The van der Waals surface area contributed by atoms with Crippen LogP contribution in [-0.4, -0.2) is 27.9 Å². The lowest BCUT2D eigenvalue weighted by Gasteiger charge is -2.11. The molecule has 1 amide bonds. The molecule has 3 aromatic rings. The molecule has 24 heavy (non-hydrogen) atoms. The van der Waals surface area contributed by atoms with Gasteiger partial charge in [0.2, 0.25) is 5.91 Å². The number of hydrogen-bond donors (Lipinski definition) is 2. The highest BCUT2D eigenvalue weighted by atomic mass is 16.3. The SMILES string of the molecule is CNc1ncc(-c2ocnc2C)c2cc(NC(=O)C3CC3)ncc12. The van der Waals surface area contributed by atoms with Crippen LogP contribution < -0.4 is 10.6 Å². The second kappa shape index (κ2) is 5.59. The number of carbonyl (C=O) groups is 1. The van der Waals surface area contributed by atoms with E-state index in [1.807, 2.05) is 20.0 Å². The van der Waals surface area contributed by atoms with Gasteiger partial charge in [-0.05, 0) is 25.8 Å². The van der Waals surface area contributed by atoms with Gasteiger partial charge in [-0.2, -0.15) is 0 Å². The van der Waals surface area contributed by atoms with Gasteiger partial charge in [-0.15, -0.1) is 0 Å². The fourth-order valence-electron chi connectivity index (χ4n) is 2.72. The van der Waals surface area contributed by atoms with Crippen LogP contribution in [0.4, 0.5) is 11.6 Å². The summed E-state index contributed by atoms with van der Waals surface area (Å²) in [7, 11) is 1.81. The highest BCUT2D eigenvalue weighted by Crippen LogP contribution is 2.34. The van der Waals surface area contributed by atoms with Crippen LogP contribution in [0.1, 0.15) is 18.5 Å². The van der Waals surface area contributed by atoms with E-state index >= 15 is 0 Å². The van der Waals surface area contributed by atoms with Crippen molar-refractivity contribution in [2.75, 3.05) is 17.7 Å². The lowest BCUT2D eigenvalue weighted by molar-refractivity contribution is -0.117. The topological polar surface area (TPSA) is 92.9 Å². The molecule has 1 aliphatic rings. The molecular weight excluding hydrogens is 306 g/mol. The van der Waals surface area contributed by atoms with Gasteiger partial charge >= 0.3 is 0 Å². The highest BCUT2D eigenvalue weighted by Gasteiger charge is 2.29. The van der Waals surface area contributed by atoms with E-state index in [0.29, 0.717) is 11.6 Å². The standard InChI is InChI=1S/C17H17N5O2/c1-9-15(24-8-21-9)12-6-20-16(18-2)13-7-19-14(5-11(12)13)22-17(23)10-3-4-10/h5-8,10H,3-4H2,1-2H3,(H,18,20)(H,19,22,23). The van der Waals surface area contributed by atoms with Gasteiger partial charge in [0.1, 0.15) is 11.6 Å². The van der Waals surface area contributed by atoms with Crippen LogP contribution >= 0.6 is 0 Å². The molecule has 4 rings (SSSR count). The monoisotopic (exact) mass is 323 g/mol. The average Bonchev–Trinajstić information content (AvgIpc) is 3.36. The van der Waals surface area contributed by atoms with Crippen molar-refractivity contribution in [2.24, 2.45) is 5.92 Å². The fraction of sp³-hybridized carbons (Fsp3) is 0.294. The molecule has 7 heteroatoms. The van der Waals surface area contributed by atoms with Crippen LogP contribution in [0.15, 0.2) is 29.3 Å². The summed E-state index contributed by atoms with van der Waals surface area (Å²) in [6.45, 7) is 1.88. The number of carbonyl (C=O) groups excluding carboxylic acids is 1. The Labute approximate surface area is 138 Å². The van der Waals surface area contributed by atoms with Crippen molar-refractivity contribution >= 4 is 28.3 Å². The van der Waals surface area contributed by atoms with Gasteiger partial charge in [-0.3, -0.25) is 4.79 Å². The molecule has 122 valence electrons. The molecule has 0 spiro atoms. The van der Waals surface area contributed by atoms with Crippen molar-refractivity contribution < 1.29 is 9.21 Å². The first kappa shape index (κ1) is 14.6. The minimum atomic E-state index is 0.0298. The molecule has 0 radical (unpaired) electrons. The molecule has 0 aromatic carbocycles. The van der Waals surface area contributed by atoms with E-state index in [9.17, 15) is 4.79 Å². The number of anilines is 2. The van der Waals surface area contributed by atoms with E-state index in [0.717, 1.165) is 40.7 Å². The summed E-state index contributed by atoms with van der Waals surface area (Å²) in [5, 5.41) is 7.70. The van der Waals surface area contributed by atoms with Gasteiger partial charge in [0.25, 0.3) is 0 Å². The molecule has 0 aliphatic heterocycles. The maximum absolute atomic E-state index is 12.0. The van der Waals surface area contributed by atoms with E-state index in [1.54, 1.807) is 12.4 Å². The van der Waals surface area contributed by atoms with Crippen LogP contribution in [-0.2, 0) is 4.79 Å². The van der Waals surface area contributed by atoms with E-state index < -0.39 is 0 Å². The first-order valence-corrected chi connectivity index (χ1v) is 7.85. The third-order valence-electron chi connectivity index (χ3n) is 4.20. The van der Waals surface area contributed by atoms with E-state index in [1.165, 1.54) is 6.39 Å². The van der Waals surface area contributed by atoms with Crippen LogP contribution in [0.3, 0.4) is 0 Å². The number of nitrogens with zero attached hydrogens (tertiary/aromatic N) is 3. The number of amides is 1. The number of pyridine rings is 2. The molecule has 7 nitrogen and oxygen atoms in total. The quantitative estimate of drug-likeness (QED) is 0.767. The second-order valence-electron chi connectivity index (χ2n) is 5.92. The summed E-state index contributed by atoms with van der Waals surface area (Å²) in [4.78, 5) is 24.9. The maximum Gasteiger partial charge on any atom is 0.228 e. The second-order valence-corrected chi connectivity index (χ2v) is 5.92. The van der Waals surface area contributed by atoms with Crippen molar-refractivity contribution in [1.82, 2.24) is 15.0 Å². The smallest absolute Gasteiger partial charge is 0.228 e. The Morgan fingerprint density at radius 2 is 2.04 bits per heavy atom. The molecule has 1 saturated carbocycles. The van der Waals surface area contributed by atoms with Gasteiger partial charge in [0.05, 0.1) is 5.69 Å². The van der Waals surface area contributed by atoms with E-state index in [4.69, 9.17) is 4.42 Å². The molecule has 2 N–H and O–H groups in total. The molecule has 0 saturated heterocycles. The van der Waals surface area contributed by atoms with Crippen molar-refractivity contribution in [2.45, 2.75) is 19.8 Å². The van der Waals surface area contributed by atoms with Gasteiger partial charge in [-0.1, -0.05) is 0 Å². The Morgan fingerprint density at radius 1 is 1.21 bits per heavy atom. The molecule has 3 aromatic heterocycles. The van der Waals surface area contributed by atoms with Crippen LogP contribution in [0.5, 0.6) is 0 Å². The summed E-state index contributed by atoms with van der Waals surface area (Å²) in [6, 6.07) is 1.86. The number of fused-ring (bicyclic) bond motifs is 1. The third kappa shape index (κ3) is 2.47. The summed E-state index contributed by atoms with van der Waals surface area (Å²) < 4.78 is 5.52.